The molecule has 2 N–H and O–H groups in total. The van der Waals surface area contributed by atoms with Crippen LogP contribution in [-0.2, 0) is 9.59 Å². The van der Waals surface area contributed by atoms with Crippen molar-refractivity contribution in [2.24, 2.45) is 10.2 Å². The van der Waals surface area contributed by atoms with Gasteiger partial charge in [-0.15, -0.1) is 16.4 Å². The maximum Gasteiger partial charge on any atom is 0.238 e. The summed E-state index contributed by atoms with van der Waals surface area (Å²) in [7, 11) is 0. The molecule has 2 heterocycles. The molecule has 10 heteroatoms. The average Bonchev–Trinajstić information content (AvgIpc) is 3.07. The molecule has 0 aliphatic carbocycles. The number of nitrogens with one attached hydrogen (secondary N) is 2. The zero-order chi connectivity index (χ0) is 19.4. The molecule has 1 unspecified atom stereocenters. The number of anilines is 1. The molecule has 2 amide bonds. The minimum atomic E-state index is -0.644. The number of carbonyl (C=O) groups excluding carboxylic acids is 2. The minimum absolute atomic E-state index is 0.0251. The van der Waals surface area contributed by atoms with E-state index in [1.165, 1.54) is 35.6 Å². The summed E-state index contributed by atoms with van der Waals surface area (Å²) < 4.78 is 13.9. The van der Waals surface area contributed by atoms with Gasteiger partial charge in [0.2, 0.25) is 11.8 Å². The first kappa shape index (κ1) is 19.7. The largest absolute Gasteiger partial charge is 0.325 e. The third kappa shape index (κ3) is 5.47. The second-order valence-corrected chi connectivity index (χ2v) is 9.20. The number of hydrogen-bond acceptors (Lipinski definition) is 6. The van der Waals surface area contributed by atoms with E-state index < -0.39 is 5.25 Å². The highest BCUT2D eigenvalue weighted by Crippen LogP contribution is 2.24. The van der Waals surface area contributed by atoms with E-state index >= 15 is 0 Å². The highest BCUT2D eigenvalue weighted by atomic mass is 79.9. The summed E-state index contributed by atoms with van der Waals surface area (Å²) in [6, 6.07) is 9.26. The molecule has 0 radical (unpaired) electrons. The number of halogens is 2. The molecule has 1 aliphatic rings. The lowest BCUT2D eigenvalue weighted by atomic mass is 10.2. The number of amides is 2. The molecule has 0 saturated carbocycles. The van der Waals surface area contributed by atoms with Crippen LogP contribution in [-0.4, -0.2) is 27.9 Å². The molecule has 1 fully saturated rings. The monoisotopic (exact) mass is 468 g/mol. The molecule has 1 saturated heterocycles. The van der Waals surface area contributed by atoms with E-state index in [4.69, 9.17) is 0 Å². The van der Waals surface area contributed by atoms with E-state index in [1.807, 2.05) is 19.1 Å². The summed E-state index contributed by atoms with van der Waals surface area (Å²) in [5.74, 6) is -1.05. The van der Waals surface area contributed by atoms with Gasteiger partial charge in [-0.2, -0.15) is 5.10 Å². The molecule has 1 atom stereocenters. The number of carbonyl (C=O) groups is 2. The fourth-order valence-electron chi connectivity index (χ4n) is 2.17. The van der Waals surface area contributed by atoms with Gasteiger partial charge >= 0.3 is 0 Å². The maximum atomic E-state index is 13.0. The molecule has 3 rings (SSSR count). The van der Waals surface area contributed by atoms with E-state index in [2.05, 4.69) is 36.8 Å². The Labute approximate surface area is 171 Å². The first-order valence-electron chi connectivity index (χ1n) is 7.81. The quantitative estimate of drug-likeness (QED) is 0.525. The lowest BCUT2D eigenvalue weighted by Crippen LogP contribution is -2.41. The molecular weight excluding hydrogens is 455 g/mol. The van der Waals surface area contributed by atoms with Gasteiger partial charge in [0.25, 0.3) is 0 Å². The normalized spacial score (nSPS) is 19.1. The Morgan fingerprint density at radius 2 is 2.04 bits per heavy atom. The molecule has 1 aromatic heterocycles. The lowest BCUT2D eigenvalue weighted by Gasteiger charge is -2.21. The third-order valence-electron chi connectivity index (χ3n) is 3.50. The maximum absolute atomic E-state index is 13.0. The van der Waals surface area contributed by atoms with Gasteiger partial charge in [-0.25, -0.2) is 4.39 Å². The van der Waals surface area contributed by atoms with Gasteiger partial charge in [-0.1, -0.05) is 11.8 Å². The predicted molar refractivity (Wildman–Crippen MR) is 111 cm³/mol. The Morgan fingerprint density at radius 3 is 2.70 bits per heavy atom. The van der Waals surface area contributed by atoms with E-state index in [1.54, 1.807) is 0 Å². The smallest absolute Gasteiger partial charge is 0.238 e. The van der Waals surface area contributed by atoms with Gasteiger partial charge in [0.05, 0.1) is 14.4 Å². The highest BCUT2D eigenvalue weighted by Gasteiger charge is 2.30. The Morgan fingerprint density at radius 1 is 1.30 bits per heavy atom. The van der Waals surface area contributed by atoms with Crippen LogP contribution in [0.5, 0.6) is 0 Å². The van der Waals surface area contributed by atoms with E-state index in [0.29, 0.717) is 11.4 Å². The van der Waals surface area contributed by atoms with E-state index in [0.717, 1.165) is 20.4 Å². The van der Waals surface area contributed by atoms with Crippen LogP contribution >= 0.6 is 39.0 Å². The molecule has 2 aromatic rings. The molecule has 6 nitrogen and oxygen atoms in total. The van der Waals surface area contributed by atoms with Crippen LogP contribution in [0.4, 0.5) is 10.1 Å². The van der Waals surface area contributed by atoms with Crippen LogP contribution < -0.4 is 10.6 Å². The Bertz CT molecular complexity index is 927. The number of hydrogen-bond donors (Lipinski definition) is 2. The fourth-order valence-corrected chi connectivity index (χ4v) is 4.43. The van der Waals surface area contributed by atoms with Gasteiger partial charge in [0.1, 0.15) is 11.1 Å². The van der Waals surface area contributed by atoms with Gasteiger partial charge < -0.3 is 10.6 Å². The Kier molecular flexibility index (Phi) is 6.40. The second-order valence-electron chi connectivity index (χ2n) is 5.55. The SMILES string of the molecule is CC(=NN=C1NC(=O)CC(C(=O)Nc2ccc(F)cc2)S1)c1ccc(Br)s1. The predicted octanol–water partition coefficient (Wildman–Crippen LogP) is 3.99. The first-order chi connectivity index (χ1) is 12.9. The second kappa shape index (κ2) is 8.77. The number of nitrogens with zero attached hydrogens (tertiary/aromatic N) is 2. The van der Waals surface area contributed by atoms with Crippen molar-refractivity contribution in [3.8, 4) is 0 Å². The van der Waals surface area contributed by atoms with Crippen molar-refractivity contribution in [2.75, 3.05) is 5.32 Å². The molecule has 1 aliphatic heterocycles. The molecule has 0 spiro atoms. The van der Waals surface area contributed by atoms with Crippen LogP contribution in [0.2, 0.25) is 0 Å². The summed E-state index contributed by atoms with van der Waals surface area (Å²) >= 11 is 6.04. The molecule has 27 heavy (non-hydrogen) atoms. The minimum Gasteiger partial charge on any atom is -0.325 e. The average molecular weight is 469 g/mol. The summed E-state index contributed by atoms with van der Waals surface area (Å²) in [6.07, 6.45) is 0.0251. The highest BCUT2D eigenvalue weighted by molar-refractivity contribution is 9.11. The van der Waals surface area contributed by atoms with Crippen LogP contribution in [0, 0.1) is 5.82 Å². The third-order valence-corrected chi connectivity index (χ3v) is 6.30. The number of thioether (sulfide) groups is 1. The zero-order valence-corrected chi connectivity index (χ0v) is 17.3. The molecule has 1 aromatic carbocycles. The Balaban J connectivity index is 1.68. The first-order valence-corrected chi connectivity index (χ1v) is 10.3. The molecular formula is C17H14BrFN4O2S2. The van der Waals surface area contributed by atoms with E-state index in [-0.39, 0.29) is 29.2 Å². The molecule has 0 bridgehead atoms. The summed E-state index contributed by atoms with van der Waals surface area (Å²) in [5, 5.41) is 13.1. The van der Waals surface area contributed by atoms with Crippen molar-refractivity contribution < 1.29 is 14.0 Å². The standard InChI is InChI=1S/C17H14BrFN4O2S2/c1-9(12-6-7-14(18)26-12)22-23-17-21-15(24)8-13(27-17)16(25)20-11-4-2-10(19)3-5-11/h2-7,13H,8H2,1H3,(H,20,25)(H,21,23,24). The van der Waals surface area contributed by atoms with Crippen molar-refractivity contribution in [1.29, 1.82) is 0 Å². The molecule has 140 valence electrons. The lowest BCUT2D eigenvalue weighted by molar-refractivity contribution is -0.123. The Hall–Kier alpha value is -2.04. The van der Waals surface area contributed by atoms with Gasteiger partial charge in [-0.05, 0) is 59.3 Å². The number of amidine groups is 1. The summed E-state index contributed by atoms with van der Waals surface area (Å²) in [4.78, 5) is 25.3. The van der Waals surface area contributed by atoms with E-state index in [9.17, 15) is 14.0 Å². The van der Waals surface area contributed by atoms with Gasteiger partial charge in [0, 0.05) is 12.1 Å². The fraction of sp³-hybridized carbons (Fsp3) is 0.176. The van der Waals surface area contributed by atoms with Crippen molar-refractivity contribution in [3.63, 3.8) is 0 Å². The number of benzene rings is 1. The van der Waals surface area contributed by atoms with Crippen LogP contribution in [0.15, 0.2) is 50.4 Å². The van der Waals surface area contributed by atoms with Crippen molar-refractivity contribution in [1.82, 2.24) is 5.32 Å². The van der Waals surface area contributed by atoms with Crippen LogP contribution in [0.25, 0.3) is 0 Å². The number of rotatable bonds is 4. The van der Waals surface area contributed by atoms with Crippen molar-refractivity contribution in [3.05, 3.63) is 50.9 Å². The van der Waals surface area contributed by atoms with Gasteiger partial charge in [0.15, 0.2) is 5.17 Å². The van der Waals surface area contributed by atoms with Crippen LogP contribution in [0.3, 0.4) is 0 Å². The van der Waals surface area contributed by atoms with Gasteiger partial charge in [-0.3, -0.25) is 9.59 Å². The summed E-state index contributed by atoms with van der Waals surface area (Å²) in [5.41, 5.74) is 1.16. The van der Waals surface area contributed by atoms with Crippen molar-refractivity contribution in [2.45, 2.75) is 18.6 Å². The summed E-state index contributed by atoms with van der Waals surface area (Å²) in [6.45, 7) is 1.82. The number of thiophene rings is 1. The van der Waals surface area contributed by atoms with Crippen molar-refractivity contribution >= 4 is 67.4 Å². The zero-order valence-electron chi connectivity index (χ0n) is 14.0. The van der Waals surface area contributed by atoms with Crippen LogP contribution in [0.1, 0.15) is 18.2 Å². The topological polar surface area (TPSA) is 82.9 Å².